The summed E-state index contributed by atoms with van der Waals surface area (Å²) in [6, 6.07) is 16.3. The van der Waals surface area contributed by atoms with Crippen LogP contribution in [0.2, 0.25) is 0 Å². The molecule has 2 heteroatoms. The van der Waals surface area contributed by atoms with Gasteiger partial charge in [-0.1, -0.05) is 48.9 Å². The molecule has 2 bridgehead atoms. The third-order valence-corrected chi connectivity index (χ3v) is 6.29. The SMILES string of the molecule is Cl.c1ccc2c(c1)C1CCC2c2c(CN3CCCCC3)cccc21. The average Bonchev–Trinajstić information content (AvgIpc) is 2.63. The normalized spacial score (nSPS) is 24.8. The van der Waals surface area contributed by atoms with Crippen molar-refractivity contribution >= 4 is 12.4 Å². The number of rotatable bonds is 2. The number of fused-ring (bicyclic) bond motifs is 1. The first kappa shape index (κ1) is 16.2. The number of hydrogen-bond donors (Lipinski definition) is 0. The number of nitrogens with zero attached hydrogens (tertiary/aromatic N) is 1. The van der Waals surface area contributed by atoms with Crippen LogP contribution in [0.3, 0.4) is 0 Å². The molecule has 4 aliphatic rings. The van der Waals surface area contributed by atoms with Gasteiger partial charge in [0.05, 0.1) is 0 Å². The van der Waals surface area contributed by atoms with Gasteiger partial charge in [-0.25, -0.2) is 0 Å². The van der Waals surface area contributed by atoms with Crippen molar-refractivity contribution in [3.63, 3.8) is 0 Å². The predicted molar refractivity (Wildman–Crippen MR) is 102 cm³/mol. The highest BCUT2D eigenvalue weighted by molar-refractivity contribution is 5.85. The molecule has 1 nitrogen and oxygen atoms in total. The van der Waals surface area contributed by atoms with Crippen LogP contribution in [-0.4, -0.2) is 18.0 Å². The first-order valence-corrected chi connectivity index (χ1v) is 9.34. The van der Waals surface area contributed by atoms with Gasteiger partial charge in [-0.05, 0) is 66.6 Å². The zero-order valence-electron chi connectivity index (χ0n) is 14.2. The van der Waals surface area contributed by atoms with Crippen LogP contribution >= 0.6 is 12.4 Å². The van der Waals surface area contributed by atoms with Gasteiger partial charge < -0.3 is 0 Å². The quantitative estimate of drug-likeness (QED) is 0.701. The minimum atomic E-state index is 0. The molecule has 0 aromatic heterocycles. The van der Waals surface area contributed by atoms with Crippen molar-refractivity contribution in [3.05, 3.63) is 70.3 Å². The molecular formula is C22H26ClN. The molecule has 6 rings (SSSR count). The Morgan fingerprint density at radius 1 is 0.750 bits per heavy atom. The molecule has 126 valence electrons. The smallest absolute Gasteiger partial charge is 0.0236 e. The van der Waals surface area contributed by atoms with Crippen LogP contribution in [0.5, 0.6) is 0 Å². The summed E-state index contributed by atoms with van der Waals surface area (Å²) in [5, 5.41) is 0. The van der Waals surface area contributed by atoms with Crippen molar-refractivity contribution in [1.29, 1.82) is 0 Å². The van der Waals surface area contributed by atoms with E-state index in [0.717, 1.165) is 6.54 Å². The van der Waals surface area contributed by atoms with Crippen molar-refractivity contribution in [2.45, 2.75) is 50.5 Å². The second-order valence-electron chi connectivity index (χ2n) is 7.57. The maximum atomic E-state index is 2.67. The van der Waals surface area contributed by atoms with Crippen LogP contribution < -0.4 is 0 Å². The fourth-order valence-corrected chi connectivity index (χ4v) is 5.27. The highest BCUT2D eigenvalue weighted by Gasteiger charge is 2.38. The minimum Gasteiger partial charge on any atom is -0.299 e. The standard InChI is InChI=1S/C22H25N.ClH/c1-4-13-23(14-5-1)15-16-7-6-10-20-19-11-12-21(22(16)20)18-9-3-2-8-17(18)19;/h2-3,6-10,19,21H,1,4-5,11-15H2;1H. The summed E-state index contributed by atoms with van der Waals surface area (Å²) in [7, 11) is 0. The van der Waals surface area contributed by atoms with E-state index in [4.69, 9.17) is 0 Å². The fourth-order valence-electron chi connectivity index (χ4n) is 5.27. The van der Waals surface area contributed by atoms with Gasteiger partial charge in [0, 0.05) is 18.4 Å². The second-order valence-corrected chi connectivity index (χ2v) is 7.57. The van der Waals surface area contributed by atoms with Crippen LogP contribution in [0.4, 0.5) is 0 Å². The topological polar surface area (TPSA) is 3.24 Å². The molecule has 0 amide bonds. The summed E-state index contributed by atoms with van der Waals surface area (Å²) in [6.45, 7) is 3.73. The molecule has 0 spiro atoms. The molecule has 24 heavy (non-hydrogen) atoms. The Kier molecular flexibility index (Phi) is 4.40. The lowest BCUT2D eigenvalue weighted by Crippen LogP contribution is -2.31. The van der Waals surface area contributed by atoms with Gasteiger partial charge in [-0.3, -0.25) is 4.90 Å². The molecule has 2 aromatic rings. The number of benzene rings is 2. The first-order valence-electron chi connectivity index (χ1n) is 9.34. The lowest BCUT2D eigenvalue weighted by Gasteiger charge is -2.42. The fraction of sp³-hybridized carbons (Fsp3) is 0.455. The molecular weight excluding hydrogens is 314 g/mol. The van der Waals surface area contributed by atoms with E-state index in [1.54, 1.807) is 27.8 Å². The van der Waals surface area contributed by atoms with E-state index < -0.39 is 0 Å². The molecule has 1 aliphatic heterocycles. The van der Waals surface area contributed by atoms with Crippen molar-refractivity contribution in [2.24, 2.45) is 0 Å². The number of piperidine rings is 1. The lowest BCUT2D eigenvalue weighted by atomic mass is 9.63. The molecule has 1 fully saturated rings. The van der Waals surface area contributed by atoms with Gasteiger partial charge in [0.25, 0.3) is 0 Å². The third-order valence-electron chi connectivity index (χ3n) is 6.29. The van der Waals surface area contributed by atoms with E-state index in [0.29, 0.717) is 11.8 Å². The first-order chi connectivity index (χ1) is 11.4. The molecule has 2 aromatic carbocycles. The average molecular weight is 340 g/mol. The summed E-state index contributed by atoms with van der Waals surface area (Å²) >= 11 is 0. The van der Waals surface area contributed by atoms with Crippen LogP contribution in [0.25, 0.3) is 0 Å². The van der Waals surface area contributed by atoms with Gasteiger partial charge >= 0.3 is 0 Å². The Labute approximate surface area is 151 Å². The van der Waals surface area contributed by atoms with Gasteiger partial charge in [0.1, 0.15) is 0 Å². The largest absolute Gasteiger partial charge is 0.299 e. The minimum absolute atomic E-state index is 0. The van der Waals surface area contributed by atoms with Crippen molar-refractivity contribution in [2.75, 3.05) is 13.1 Å². The van der Waals surface area contributed by atoms with Gasteiger partial charge in [-0.2, -0.15) is 0 Å². The Balaban J connectivity index is 0.00000146. The van der Waals surface area contributed by atoms with Crippen LogP contribution in [-0.2, 0) is 6.54 Å². The zero-order chi connectivity index (χ0) is 15.2. The summed E-state index contributed by atoms with van der Waals surface area (Å²) in [4.78, 5) is 2.67. The van der Waals surface area contributed by atoms with Crippen molar-refractivity contribution < 1.29 is 0 Å². The highest BCUT2D eigenvalue weighted by atomic mass is 35.5. The predicted octanol–water partition coefficient (Wildman–Crippen LogP) is 5.47. The maximum absolute atomic E-state index is 2.67. The van der Waals surface area contributed by atoms with Gasteiger partial charge in [0.15, 0.2) is 0 Å². The van der Waals surface area contributed by atoms with Crippen LogP contribution in [0, 0.1) is 0 Å². The molecule has 2 unspecified atom stereocenters. The number of likely N-dealkylation sites (tertiary alicyclic amines) is 1. The summed E-state index contributed by atoms with van der Waals surface area (Å²) in [5.74, 6) is 1.29. The molecule has 1 saturated heterocycles. The molecule has 1 heterocycles. The zero-order valence-corrected chi connectivity index (χ0v) is 15.0. The van der Waals surface area contributed by atoms with Gasteiger partial charge in [-0.15, -0.1) is 12.4 Å². The highest BCUT2D eigenvalue weighted by Crippen LogP contribution is 2.53. The Bertz CT molecular complexity index is 732. The van der Waals surface area contributed by atoms with Crippen molar-refractivity contribution in [3.8, 4) is 0 Å². The molecule has 0 saturated carbocycles. The molecule has 3 aliphatic carbocycles. The third kappa shape index (κ3) is 2.50. The van der Waals surface area contributed by atoms with E-state index in [1.807, 2.05) is 0 Å². The van der Waals surface area contributed by atoms with Crippen molar-refractivity contribution in [1.82, 2.24) is 4.90 Å². The molecule has 0 N–H and O–H groups in total. The van der Waals surface area contributed by atoms with E-state index in [9.17, 15) is 0 Å². The van der Waals surface area contributed by atoms with Crippen LogP contribution in [0.1, 0.15) is 71.8 Å². The maximum Gasteiger partial charge on any atom is 0.0236 e. The summed E-state index contributed by atoms with van der Waals surface area (Å²) in [5.41, 5.74) is 8.14. The summed E-state index contributed by atoms with van der Waals surface area (Å²) < 4.78 is 0. The number of hydrogen-bond acceptors (Lipinski definition) is 1. The van der Waals surface area contributed by atoms with Crippen LogP contribution in [0.15, 0.2) is 42.5 Å². The Hall–Kier alpha value is -1.31. The van der Waals surface area contributed by atoms with E-state index in [-0.39, 0.29) is 12.4 Å². The Morgan fingerprint density at radius 3 is 2.21 bits per heavy atom. The monoisotopic (exact) mass is 339 g/mol. The molecule has 0 radical (unpaired) electrons. The molecule has 2 atom stereocenters. The second kappa shape index (κ2) is 6.54. The van der Waals surface area contributed by atoms with E-state index >= 15 is 0 Å². The summed E-state index contributed by atoms with van der Waals surface area (Å²) in [6.07, 6.45) is 6.85. The van der Waals surface area contributed by atoms with Gasteiger partial charge in [0.2, 0.25) is 0 Å². The lowest BCUT2D eigenvalue weighted by molar-refractivity contribution is 0.219. The number of halogens is 1. The Morgan fingerprint density at radius 2 is 1.42 bits per heavy atom. The van der Waals surface area contributed by atoms with E-state index in [1.165, 1.54) is 45.2 Å². The van der Waals surface area contributed by atoms with E-state index in [2.05, 4.69) is 47.4 Å².